The fraction of sp³-hybridized carbons (Fsp3) is 0.833. The molecule has 0 N–H and O–H groups in total. The monoisotopic (exact) mass is 242 g/mol. The van der Waals surface area contributed by atoms with E-state index in [2.05, 4.69) is 0 Å². The molecule has 5 nitrogen and oxygen atoms in total. The number of esters is 1. The number of hydrogen-bond acceptors (Lipinski definition) is 3. The van der Waals surface area contributed by atoms with E-state index in [0.29, 0.717) is 6.54 Å². The number of nitrogens with zero attached hydrogens (tertiary/aromatic N) is 2. The van der Waals surface area contributed by atoms with Gasteiger partial charge < -0.3 is 14.5 Å². The van der Waals surface area contributed by atoms with Gasteiger partial charge in [-0.3, -0.25) is 4.79 Å². The second-order valence-electron chi connectivity index (χ2n) is 4.95. The Morgan fingerprint density at radius 1 is 1.35 bits per heavy atom. The number of urea groups is 1. The molecular weight excluding hydrogens is 220 g/mol. The van der Waals surface area contributed by atoms with Crippen molar-refractivity contribution in [1.82, 2.24) is 9.80 Å². The molecule has 0 aliphatic carbocycles. The van der Waals surface area contributed by atoms with Crippen LogP contribution in [0.2, 0.25) is 0 Å². The normalized spacial score (nSPS) is 20.3. The summed E-state index contributed by atoms with van der Waals surface area (Å²) < 4.78 is 5.19. The van der Waals surface area contributed by atoms with Gasteiger partial charge in [-0.1, -0.05) is 0 Å². The number of ether oxygens (including phenoxy) is 1. The molecule has 98 valence electrons. The Balaban J connectivity index is 2.54. The van der Waals surface area contributed by atoms with Gasteiger partial charge in [-0.15, -0.1) is 0 Å². The maximum atomic E-state index is 11.8. The zero-order valence-electron chi connectivity index (χ0n) is 11.1. The summed E-state index contributed by atoms with van der Waals surface area (Å²) in [5.41, 5.74) is 0. The van der Waals surface area contributed by atoms with Crippen LogP contribution in [-0.2, 0) is 9.53 Å². The Hall–Kier alpha value is -1.26. The van der Waals surface area contributed by atoms with Crippen molar-refractivity contribution < 1.29 is 14.3 Å². The summed E-state index contributed by atoms with van der Waals surface area (Å²) >= 11 is 0. The first kappa shape index (κ1) is 13.8. The third-order valence-corrected chi connectivity index (χ3v) is 2.76. The van der Waals surface area contributed by atoms with E-state index in [1.54, 1.807) is 19.0 Å². The molecule has 1 saturated heterocycles. The van der Waals surface area contributed by atoms with Gasteiger partial charge in [0.05, 0.1) is 12.0 Å². The highest BCUT2D eigenvalue weighted by molar-refractivity contribution is 5.77. The van der Waals surface area contributed by atoms with Gasteiger partial charge in [0.25, 0.3) is 0 Å². The van der Waals surface area contributed by atoms with Crippen molar-refractivity contribution in [3.8, 4) is 0 Å². The van der Waals surface area contributed by atoms with Crippen molar-refractivity contribution in [1.29, 1.82) is 0 Å². The van der Waals surface area contributed by atoms with Crippen molar-refractivity contribution in [2.24, 2.45) is 5.92 Å². The SMILES string of the molecule is CC(C)OC(=O)C1CCCN(C(=O)N(C)C)C1. The highest BCUT2D eigenvalue weighted by atomic mass is 16.5. The largest absolute Gasteiger partial charge is 0.463 e. The molecule has 1 rings (SSSR count). The number of carbonyl (C=O) groups excluding carboxylic acids is 2. The van der Waals surface area contributed by atoms with Crippen LogP contribution in [0.3, 0.4) is 0 Å². The summed E-state index contributed by atoms with van der Waals surface area (Å²) in [5, 5.41) is 0. The van der Waals surface area contributed by atoms with Crippen LogP contribution in [0.15, 0.2) is 0 Å². The third kappa shape index (κ3) is 3.91. The van der Waals surface area contributed by atoms with Gasteiger partial charge in [-0.25, -0.2) is 4.79 Å². The van der Waals surface area contributed by atoms with E-state index < -0.39 is 0 Å². The molecule has 1 aliphatic heterocycles. The highest BCUT2D eigenvalue weighted by Crippen LogP contribution is 2.19. The van der Waals surface area contributed by atoms with Gasteiger partial charge in [0, 0.05) is 27.2 Å². The third-order valence-electron chi connectivity index (χ3n) is 2.76. The quantitative estimate of drug-likeness (QED) is 0.686. The maximum Gasteiger partial charge on any atom is 0.319 e. The van der Waals surface area contributed by atoms with Crippen molar-refractivity contribution in [3.63, 3.8) is 0 Å². The molecule has 2 amide bonds. The van der Waals surface area contributed by atoms with Crippen LogP contribution in [-0.4, -0.2) is 55.1 Å². The van der Waals surface area contributed by atoms with E-state index in [-0.39, 0.29) is 24.0 Å². The second kappa shape index (κ2) is 5.89. The topological polar surface area (TPSA) is 49.9 Å². The molecule has 1 fully saturated rings. The first-order chi connectivity index (χ1) is 7.91. The Labute approximate surface area is 103 Å². The van der Waals surface area contributed by atoms with Crippen LogP contribution < -0.4 is 0 Å². The lowest BCUT2D eigenvalue weighted by atomic mass is 9.98. The molecule has 17 heavy (non-hydrogen) atoms. The van der Waals surface area contributed by atoms with Gasteiger partial charge in [-0.05, 0) is 26.7 Å². The molecule has 0 saturated carbocycles. The molecule has 0 radical (unpaired) electrons. The van der Waals surface area contributed by atoms with E-state index in [0.717, 1.165) is 19.4 Å². The molecule has 0 bridgehead atoms. The minimum Gasteiger partial charge on any atom is -0.463 e. The van der Waals surface area contributed by atoms with Crippen molar-refractivity contribution >= 4 is 12.0 Å². The second-order valence-corrected chi connectivity index (χ2v) is 4.95. The van der Waals surface area contributed by atoms with Crippen LogP contribution in [0.25, 0.3) is 0 Å². The van der Waals surface area contributed by atoms with E-state index in [4.69, 9.17) is 4.74 Å². The number of rotatable bonds is 2. The minimum absolute atomic E-state index is 0.0351. The van der Waals surface area contributed by atoms with Crippen LogP contribution >= 0.6 is 0 Å². The fourth-order valence-electron chi connectivity index (χ4n) is 1.95. The summed E-state index contributed by atoms with van der Waals surface area (Å²) in [4.78, 5) is 26.8. The van der Waals surface area contributed by atoms with Crippen molar-refractivity contribution in [2.75, 3.05) is 27.2 Å². The number of piperidine rings is 1. The molecule has 0 aromatic carbocycles. The van der Waals surface area contributed by atoms with E-state index in [1.807, 2.05) is 13.8 Å². The van der Waals surface area contributed by atoms with E-state index in [9.17, 15) is 9.59 Å². The Morgan fingerprint density at radius 2 is 2.00 bits per heavy atom. The average Bonchev–Trinajstić information content (AvgIpc) is 2.27. The number of likely N-dealkylation sites (tertiary alicyclic amines) is 1. The lowest BCUT2D eigenvalue weighted by Crippen LogP contribution is -2.47. The number of carbonyl (C=O) groups is 2. The van der Waals surface area contributed by atoms with Crippen LogP contribution in [0.1, 0.15) is 26.7 Å². The number of amides is 2. The molecule has 5 heteroatoms. The Bertz CT molecular complexity index is 289. The molecule has 1 heterocycles. The van der Waals surface area contributed by atoms with Gasteiger partial charge in [0.15, 0.2) is 0 Å². The molecule has 0 spiro atoms. The standard InChI is InChI=1S/C12H22N2O3/c1-9(2)17-11(15)10-6-5-7-14(8-10)12(16)13(3)4/h9-10H,5-8H2,1-4H3. The molecule has 0 aromatic heterocycles. The van der Waals surface area contributed by atoms with E-state index in [1.165, 1.54) is 4.90 Å². The predicted octanol–water partition coefficient (Wildman–Crippen LogP) is 1.33. The summed E-state index contributed by atoms with van der Waals surface area (Å²) in [6.45, 7) is 4.87. The summed E-state index contributed by atoms with van der Waals surface area (Å²) in [6, 6.07) is -0.0351. The van der Waals surface area contributed by atoms with Crippen LogP contribution in [0.5, 0.6) is 0 Å². The Kier molecular flexibility index (Phi) is 4.78. The van der Waals surface area contributed by atoms with Crippen LogP contribution in [0, 0.1) is 5.92 Å². The predicted molar refractivity (Wildman–Crippen MR) is 64.6 cm³/mol. The average molecular weight is 242 g/mol. The minimum atomic E-state index is -0.184. The van der Waals surface area contributed by atoms with Crippen molar-refractivity contribution in [2.45, 2.75) is 32.8 Å². The van der Waals surface area contributed by atoms with Crippen molar-refractivity contribution in [3.05, 3.63) is 0 Å². The lowest BCUT2D eigenvalue weighted by Gasteiger charge is -2.33. The Morgan fingerprint density at radius 3 is 2.53 bits per heavy atom. The molecule has 1 aliphatic rings. The molecular formula is C12H22N2O3. The zero-order valence-corrected chi connectivity index (χ0v) is 11.1. The summed E-state index contributed by atoms with van der Waals surface area (Å²) in [5.74, 6) is -0.355. The fourth-order valence-corrected chi connectivity index (χ4v) is 1.95. The molecule has 1 unspecified atom stereocenters. The maximum absolute atomic E-state index is 11.8. The van der Waals surface area contributed by atoms with Gasteiger partial charge in [0.2, 0.25) is 0 Å². The van der Waals surface area contributed by atoms with Gasteiger partial charge in [-0.2, -0.15) is 0 Å². The van der Waals surface area contributed by atoms with E-state index >= 15 is 0 Å². The smallest absolute Gasteiger partial charge is 0.319 e. The molecule has 0 aromatic rings. The summed E-state index contributed by atoms with van der Waals surface area (Å²) in [7, 11) is 3.44. The molecule has 1 atom stereocenters. The highest BCUT2D eigenvalue weighted by Gasteiger charge is 2.30. The lowest BCUT2D eigenvalue weighted by molar-refractivity contribution is -0.153. The van der Waals surface area contributed by atoms with Gasteiger partial charge >= 0.3 is 12.0 Å². The zero-order chi connectivity index (χ0) is 13.0. The number of hydrogen-bond donors (Lipinski definition) is 0. The first-order valence-electron chi connectivity index (χ1n) is 6.08. The summed E-state index contributed by atoms with van der Waals surface area (Å²) in [6.07, 6.45) is 1.57. The van der Waals surface area contributed by atoms with Crippen LogP contribution in [0.4, 0.5) is 4.79 Å². The van der Waals surface area contributed by atoms with Gasteiger partial charge in [0.1, 0.15) is 0 Å². The first-order valence-corrected chi connectivity index (χ1v) is 6.08.